The lowest BCUT2D eigenvalue weighted by Crippen LogP contribution is -2.68. The van der Waals surface area contributed by atoms with Gasteiger partial charge >= 0.3 is 5.97 Å². The Kier molecular flexibility index (Phi) is 10.2. The number of rotatable bonds is 7. The fourth-order valence-corrected chi connectivity index (χ4v) is 14.2. The molecule has 52 heavy (non-hydrogen) atoms. The molecule has 5 aliphatic carbocycles. The third kappa shape index (κ3) is 5.56. The minimum Gasteiger partial charge on any atom is -0.481 e. The van der Waals surface area contributed by atoms with Crippen LogP contribution < -0.4 is 0 Å². The van der Waals surface area contributed by atoms with Gasteiger partial charge in [0.2, 0.25) is 0 Å². The standard InChI is InChI=1S/C41H66O11/c1-21(2)23-10-15-41(36(47)48)17-16-39(6)24(31(23)41)8-9-29-37(4)13-12-30(38(5,20-42)28(37)11-14-40(29,39)7)51-35-33(32(46)27(45)19-49-35)52-34-26(44)18-25(43)22(3)50-34/h22-35,42-46H,1,8-20H2,2-7H3,(H,47,48)/t22-,23-,24?,25+,26+,27-,28+,29+,30-,31+,32-,33+,34-,35-,37-,38-,39+,40+,41-/m0/s1. The van der Waals surface area contributed by atoms with Gasteiger partial charge < -0.3 is 49.6 Å². The fourth-order valence-electron chi connectivity index (χ4n) is 14.2. The van der Waals surface area contributed by atoms with E-state index in [-0.39, 0.29) is 53.6 Å². The molecule has 0 aromatic carbocycles. The van der Waals surface area contributed by atoms with Gasteiger partial charge in [0.1, 0.15) is 24.4 Å². The molecule has 2 aliphatic heterocycles. The first-order valence-corrected chi connectivity index (χ1v) is 20.2. The Morgan fingerprint density at radius 3 is 2.23 bits per heavy atom. The highest BCUT2D eigenvalue weighted by Crippen LogP contribution is 2.77. The third-order valence-corrected chi connectivity index (χ3v) is 17.3. The van der Waals surface area contributed by atoms with Crippen LogP contribution in [0.15, 0.2) is 12.2 Å². The highest BCUT2D eigenvalue weighted by Gasteiger charge is 2.72. The van der Waals surface area contributed by atoms with Crippen LogP contribution >= 0.6 is 0 Å². The number of ether oxygens (including phenoxy) is 4. The van der Waals surface area contributed by atoms with Crippen molar-refractivity contribution >= 4 is 5.97 Å². The molecular formula is C41H66O11. The SMILES string of the molecule is C=C(C)[C@@H]1CC[C@]2(C(=O)O)CC[C@]3(C)C(CC[C@@H]4[C@@]5(C)CC[C@H](O[C@@H]6OC[C@H](O)[C@H](O)[C@H]6O[C@@H]6O[C@@H](C)[C@H](O)C[C@H]6O)[C@@](C)(CO)[C@@H]5CC[C@]43C)[C@@H]12. The van der Waals surface area contributed by atoms with Crippen LogP contribution in [0.3, 0.4) is 0 Å². The summed E-state index contributed by atoms with van der Waals surface area (Å²) in [6, 6.07) is 0. The van der Waals surface area contributed by atoms with E-state index in [1.54, 1.807) is 6.92 Å². The van der Waals surface area contributed by atoms with E-state index in [1.165, 1.54) is 0 Å². The number of fused-ring (bicyclic) bond motifs is 7. The molecule has 2 saturated heterocycles. The molecule has 19 atom stereocenters. The summed E-state index contributed by atoms with van der Waals surface area (Å²) in [5, 5.41) is 64.5. The predicted molar refractivity (Wildman–Crippen MR) is 190 cm³/mol. The number of hydrogen-bond donors (Lipinski definition) is 6. The molecule has 11 heteroatoms. The summed E-state index contributed by atoms with van der Waals surface area (Å²) in [5.74, 6) is 0.611. The molecule has 7 rings (SSSR count). The average Bonchev–Trinajstić information content (AvgIpc) is 3.50. The summed E-state index contributed by atoms with van der Waals surface area (Å²) in [4.78, 5) is 13.0. The number of carboxylic acid groups (broad SMARTS) is 1. The number of hydrogen-bond acceptors (Lipinski definition) is 10. The smallest absolute Gasteiger partial charge is 0.309 e. The summed E-state index contributed by atoms with van der Waals surface area (Å²) in [6.45, 7) is 17.5. The van der Waals surface area contributed by atoms with Crippen LogP contribution in [0.25, 0.3) is 0 Å². The lowest BCUT2D eigenvalue weighted by atomic mass is 9.32. The van der Waals surface area contributed by atoms with Crippen molar-refractivity contribution in [3.8, 4) is 0 Å². The van der Waals surface area contributed by atoms with E-state index < -0.39 is 72.1 Å². The lowest BCUT2D eigenvalue weighted by molar-refractivity contribution is -0.358. The highest BCUT2D eigenvalue weighted by molar-refractivity contribution is 5.76. The van der Waals surface area contributed by atoms with E-state index in [0.717, 1.165) is 63.4 Å². The fraction of sp³-hybridized carbons (Fsp3) is 0.927. The molecule has 6 N–H and O–H groups in total. The van der Waals surface area contributed by atoms with Gasteiger partial charge in [0.05, 0.1) is 36.9 Å². The van der Waals surface area contributed by atoms with E-state index in [4.69, 9.17) is 18.9 Å². The number of aliphatic carboxylic acids is 1. The van der Waals surface area contributed by atoms with Gasteiger partial charge in [-0.2, -0.15) is 0 Å². The predicted octanol–water partition coefficient (Wildman–Crippen LogP) is 4.41. The minimum atomic E-state index is -1.36. The first kappa shape index (κ1) is 39.1. The Morgan fingerprint density at radius 2 is 1.56 bits per heavy atom. The van der Waals surface area contributed by atoms with Gasteiger partial charge in [-0.05, 0) is 124 Å². The maximum absolute atomic E-state index is 13.0. The number of allylic oxidation sites excluding steroid dienone is 1. The zero-order chi connectivity index (χ0) is 37.8. The second-order valence-corrected chi connectivity index (χ2v) is 19.4. The summed E-state index contributed by atoms with van der Waals surface area (Å²) in [6.07, 6.45) is -0.154. The highest BCUT2D eigenvalue weighted by atomic mass is 16.7. The van der Waals surface area contributed by atoms with Crippen molar-refractivity contribution in [1.82, 2.24) is 0 Å². The monoisotopic (exact) mass is 734 g/mol. The molecule has 2 heterocycles. The third-order valence-electron chi connectivity index (χ3n) is 17.3. The van der Waals surface area contributed by atoms with Gasteiger partial charge in [0.25, 0.3) is 0 Å². The largest absolute Gasteiger partial charge is 0.481 e. The molecule has 11 nitrogen and oxygen atoms in total. The molecule has 7 aliphatic rings. The van der Waals surface area contributed by atoms with Gasteiger partial charge in [0.15, 0.2) is 12.6 Å². The molecular weight excluding hydrogens is 668 g/mol. The van der Waals surface area contributed by atoms with Crippen LogP contribution in [0.2, 0.25) is 0 Å². The Balaban J connectivity index is 1.13. The second-order valence-electron chi connectivity index (χ2n) is 19.4. The van der Waals surface area contributed by atoms with Crippen molar-refractivity contribution in [1.29, 1.82) is 0 Å². The Bertz CT molecular complexity index is 1380. The van der Waals surface area contributed by atoms with Crippen molar-refractivity contribution in [2.75, 3.05) is 13.2 Å². The van der Waals surface area contributed by atoms with Crippen molar-refractivity contribution in [3.05, 3.63) is 12.2 Å². The Labute approximate surface area is 309 Å². The number of carbonyl (C=O) groups is 1. The van der Waals surface area contributed by atoms with Gasteiger partial charge in [-0.1, -0.05) is 39.8 Å². The zero-order valence-electron chi connectivity index (χ0n) is 32.2. The van der Waals surface area contributed by atoms with Crippen LogP contribution in [-0.2, 0) is 23.7 Å². The number of aliphatic hydroxyl groups excluding tert-OH is 5. The van der Waals surface area contributed by atoms with Crippen LogP contribution in [0.5, 0.6) is 0 Å². The molecule has 1 unspecified atom stereocenters. The molecule has 7 fully saturated rings. The van der Waals surface area contributed by atoms with E-state index in [0.29, 0.717) is 18.3 Å². The van der Waals surface area contributed by atoms with Gasteiger partial charge in [-0.25, -0.2) is 0 Å². The van der Waals surface area contributed by atoms with Crippen LogP contribution in [0, 0.1) is 56.7 Å². The molecule has 0 aromatic heterocycles. The molecule has 296 valence electrons. The van der Waals surface area contributed by atoms with Gasteiger partial charge in [-0.15, -0.1) is 0 Å². The minimum absolute atomic E-state index is 0.00865. The van der Waals surface area contributed by atoms with Crippen molar-refractivity contribution < 1.29 is 54.4 Å². The molecule has 0 aromatic rings. The van der Waals surface area contributed by atoms with Gasteiger partial charge in [0, 0.05) is 11.8 Å². The molecule has 5 saturated carbocycles. The van der Waals surface area contributed by atoms with Gasteiger partial charge in [-0.3, -0.25) is 4.79 Å². The van der Waals surface area contributed by atoms with E-state index >= 15 is 0 Å². The lowest BCUT2D eigenvalue weighted by Gasteiger charge is -2.73. The van der Waals surface area contributed by atoms with Crippen molar-refractivity contribution in [3.63, 3.8) is 0 Å². The zero-order valence-corrected chi connectivity index (χ0v) is 32.2. The first-order chi connectivity index (χ1) is 24.4. The van der Waals surface area contributed by atoms with Crippen LogP contribution in [0.1, 0.15) is 112 Å². The summed E-state index contributed by atoms with van der Waals surface area (Å²) in [7, 11) is 0. The van der Waals surface area contributed by atoms with Crippen LogP contribution in [0.4, 0.5) is 0 Å². The summed E-state index contributed by atoms with van der Waals surface area (Å²) >= 11 is 0. The maximum Gasteiger partial charge on any atom is 0.309 e. The summed E-state index contributed by atoms with van der Waals surface area (Å²) < 4.78 is 24.6. The van der Waals surface area contributed by atoms with E-state index in [1.807, 2.05) is 0 Å². The number of carboxylic acids is 1. The molecule has 0 radical (unpaired) electrons. The normalized spacial score (nSPS) is 56.1. The average molecular weight is 735 g/mol. The molecule has 0 bridgehead atoms. The van der Waals surface area contributed by atoms with Crippen LogP contribution in [-0.4, -0.2) is 105 Å². The van der Waals surface area contributed by atoms with E-state index in [9.17, 15) is 35.4 Å². The number of aliphatic hydroxyl groups is 5. The van der Waals surface area contributed by atoms with E-state index in [2.05, 4.69) is 41.2 Å². The van der Waals surface area contributed by atoms with Crippen molar-refractivity contribution in [2.24, 2.45) is 56.7 Å². The first-order valence-electron chi connectivity index (χ1n) is 20.2. The molecule has 0 amide bonds. The molecule has 0 spiro atoms. The topological polar surface area (TPSA) is 175 Å². The summed E-state index contributed by atoms with van der Waals surface area (Å²) in [5.41, 5.74) is -0.248. The van der Waals surface area contributed by atoms with Crippen molar-refractivity contribution in [2.45, 2.75) is 167 Å². The maximum atomic E-state index is 13.0. The quantitative estimate of drug-likeness (QED) is 0.162. The second kappa shape index (κ2) is 13.5. The Morgan fingerprint density at radius 1 is 0.827 bits per heavy atom. The Hall–Kier alpha value is -1.15.